The van der Waals surface area contributed by atoms with E-state index in [1.807, 2.05) is 41.3 Å². The molecule has 0 saturated heterocycles. The second-order valence-electron chi connectivity index (χ2n) is 9.37. The van der Waals surface area contributed by atoms with E-state index in [4.69, 9.17) is 16.3 Å². The summed E-state index contributed by atoms with van der Waals surface area (Å²) in [5.41, 5.74) is 3.91. The Morgan fingerprint density at radius 2 is 1.80 bits per heavy atom. The smallest absolute Gasteiger partial charge is 0.265 e. The molecule has 0 aromatic heterocycles. The van der Waals surface area contributed by atoms with Crippen molar-refractivity contribution < 1.29 is 14.3 Å². The van der Waals surface area contributed by atoms with Crippen LogP contribution < -0.4 is 10.1 Å². The predicted molar refractivity (Wildman–Crippen MR) is 140 cm³/mol. The lowest BCUT2D eigenvalue weighted by Gasteiger charge is -2.38. The fourth-order valence-corrected chi connectivity index (χ4v) is 4.65. The summed E-state index contributed by atoms with van der Waals surface area (Å²) in [6.45, 7) is 6.52. The summed E-state index contributed by atoms with van der Waals surface area (Å²) in [4.78, 5) is 27.9. The van der Waals surface area contributed by atoms with Crippen LogP contribution in [0.1, 0.15) is 49.9 Å². The van der Waals surface area contributed by atoms with Gasteiger partial charge in [-0.05, 0) is 66.3 Å². The van der Waals surface area contributed by atoms with Gasteiger partial charge in [0.1, 0.15) is 5.75 Å². The van der Waals surface area contributed by atoms with Crippen LogP contribution in [0.2, 0.25) is 5.02 Å². The van der Waals surface area contributed by atoms with Gasteiger partial charge >= 0.3 is 0 Å². The van der Waals surface area contributed by atoms with E-state index in [2.05, 4.69) is 31.3 Å². The summed E-state index contributed by atoms with van der Waals surface area (Å²) in [5.74, 6) is 0.767. The van der Waals surface area contributed by atoms with Gasteiger partial charge in [-0.1, -0.05) is 67.9 Å². The van der Waals surface area contributed by atoms with Crippen molar-refractivity contribution >= 4 is 29.1 Å². The van der Waals surface area contributed by atoms with Crippen molar-refractivity contribution in [3.05, 3.63) is 94.5 Å². The van der Waals surface area contributed by atoms with Crippen molar-refractivity contribution in [3.8, 4) is 5.75 Å². The Kier molecular flexibility index (Phi) is 7.76. The fourth-order valence-electron chi connectivity index (χ4n) is 4.46. The Morgan fingerprint density at radius 3 is 2.51 bits per heavy atom. The molecule has 0 saturated carbocycles. The number of hydrogen-bond acceptors (Lipinski definition) is 3. The highest BCUT2D eigenvalue weighted by Crippen LogP contribution is 2.38. The minimum Gasteiger partial charge on any atom is -0.481 e. The van der Waals surface area contributed by atoms with E-state index in [9.17, 15) is 9.59 Å². The lowest BCUT2D eigenvalue weighted by atomic mass is 9.87. The molecule has 6 heteroatoms. The highest BCUT2D eigenvalue weighted by Gasteiger charge is 2.32. The van der Waals surface area contributed by atoms with Crippen molar-refractivity contribution in [2.45, 2.75) is 45.8 Å². The average Bonchev–Trinajstić information content (AvgIpc) is 2.83. The van der Waals surface area contributed by atoms with Crippen LogP contribution in [0.5, 0.6) is 5.75 Å². The molecule has 2 atom stereocenters. The topological polar surface area (TPSA) is 58.6 Å². The van der Waals surface area contributed by atoms with Gasteiger partial charge in [0, 0.05) is 23.7 Å². The van der Waals surface area contributed by atoms with E-state index >= 15 is 0 Å². The first-order valence-corrected chi connectivity index (χ1v) is 12.4. The van der Waals surface area contributed by atoms with Crippen molar-refractivity contribution in [3.63, 3.8) is 0 Å². The van der Waals surface area contributed by atoms with Crippen LogP contribution in [0.25, 0.3) is 0 Å². The van der Waals surface area contributed by atoms with E-state index in [0.29, 0.717) is 29.4 Å². The molecular weight excluding hydrogens is 460 g/mol. The number of nitrogens with zero attached hydrogens (tertiary/aromatic N) is 1. The van der Waals surface area contributed by atoms with Crippen molar-refractivity contribution in [1.82, 2.24) is 4.90 Å². The lowest BCUT2D eigenvalue weighted by molar-refractivity contribution is -0.134. The Hall–Kier alpha value is -3.31. The van der Waals surface area contributed by atoms with Crippen LogP contribution in [0.3, 0.4) is 0 Å². The molecule has 0 aliphatic carbocycles. The quantitative estimate of drug-likeness (QED) is 0.425. The number of hydrogen-bond donors (Lipinski definition) is 1. The number of benzene rings is 3. The molecule has 0 radical (unpaired) electrons. The van der Waals surface area contributed by atoms with E-state index < -0.39 is 6.10 Å². The standard InChI is InChI=1S/C29H31ClN2O3/c1-19(2)16-27(33)32-15-14-21-12-13-25(18-26(21)28(32)22-8-5-4-6-9-22)35-20(3)29(34)31-24-11-7-10-23(30)17-24/h4-13,17-20,28H,14-16H2,1-3H3,(H,31,34)/t20-,28-/m0/s1. The maximum absolute atomic E-state index is 13.2. The zero-order chi connectivity index (χ0) is 24.9. The van der Waals surface area contributed by atoms with E-state index in [0.717, 1.165) is 17.5 Å². The molecule has 2 amide bonds. The second kappa shape index (κ2) is 11.0. The number of rotatable bonds is 7. The molecule has 5 nitrogen and oxygen atoms in total. The maximum atomic E-state index is 13.2. The Labute approximate surface area is 212 Å². The third-order valence-electron chi connectivity index (χ3n) is 6.14. The highest BCUT2D eigenvalue weighted by molar-refractivity contribution is 6.30. The molecule has 1 N–H and O–H groups in total. The normalized spacial score (nSPS) is 15.9. The molecule has 0 unspecified atom stereocenters. The van der Waals surface area contributed by atoms with Gasteiger partial charge in [0.2, 0.25) is 5.91 Å². The molecule has 3 aromatic rings. The van der Waals surface area contributed by atoms with E-state index in [1.165, 1.54) is 5.56 Å². The molecule has 1 aliphatic rings. The number of fused-ring (bicyclic) bond motifs is 1. The number of ether oxygens (including phenoxy) is 1. The minimum absolute atomic E-state index is 0.153. The number of carbonyl (C=O) groups excluding carboxylic acids is 2. The Morgan fingerprint density at radius 1 is 1.03 bits per heavy atom. The molecule has 182 valence electrons. The van der Waals surface area contributed by atoms with E-state index in [1.54, 1.807) is 31.2 Å². The van der Waals surface area contributed by atoms with Crippen LogP contribution in [-0.4, -0.2) is 29.4 Å². The summed E-state index contributed by atoms with van der Waals surface area (Å²) in [6.07, 6.45) is 0.577. The number of nitrogens with one attached hydrogen (secondary N) is 1. The molecule has 3 aromatic carbocycles. The largest absolute Gasteiger partial charge is 0.481 e. The first kappa shape index (κ1) is 24.8. The van der Waals surface area contributed by atoms with Gasteiger partial charge in [0.15, 0.2) is 6.10 Å². The summed E-state index contributed by atoms with van der Waals surface area (Å²) in [5, 5.41) is 3.39. The number of anilines is 1. The van der Waals surface area contributed by atoms with Crippen molar-refractivity contribution in [2.24, 2.45) is 5.92 Å². The lowest BCUT2D eigenvalue weighted by Crippen LogP contribution is -2.41. The predicted octanol–water partition coefficient (Wildman–Crippen LogP) is 6.27. The first-order chi connectivity index (χ1) is 16.8. The summed E-state index contributed by atoms with van der Waals surface area (Å²) < 4.78 is 6.04. The maximum Gasteiger partial charge on any atom is 0.265 e. The summed E-state index contributed by atoms with van der Waals surface area (Å²) in [7, 11) is 0. The van der Waals surface area contributed by atoms with Gasteiger partial charge in [-0.3, -0.25) is 9.59 Å². The summed E-state index contributed by atoms with van der Waals surface area (Å²) >= 11 is 6.02. The average molecular weight is 491 g/mol. The second-order valence-corrected chi connectivity index (χ2v) is 9.81. The molecule has 4 rings (SSSR count). The van der Waals surface area contributed by atoms with Gasteiger partial charge in [0.05, 0.1) is 6.04 Å². The highest BCUT2D eigenvalue weighted by atomic mass is 35.5. The third kappa shape index (κ3) is 6.04. The van der Waals surface area contributed by atoms with Gasteiger partial charge in [-0.2, -0.15) is 0 Å². The molecule has 1 aliphatic heterocycles. The van der Waals surface area contributed by atoms with Gasteiger partial charge in [-0.15, -0.1) is 0 Å². The zero-order valence-corrected chi connectivity index (χ0v) is 21.1. The van der Waals surface area contributed by atoms with Crippen LogP contribution in [0, 0.1) is 5.92 Å². The number of carbonyl (C=O) groups is 2. The van der Waals surface area contributed by atoms with Crippen LogP contribution in [0.4, 0.5) is 5.69 Å². The Bertz CT molecular complexity index is 1200. The van der Waals surface area contributed by atoms with Crippen molar-refractivity contribution in [2.75, 3.05) is 11.9 Å². The number of halogens is 1. The third-order valence-corrected chi connectivity index (χ3v) is 6.37. The van der Waals surface area contributed by atoms with Crippen LogP contribution >= 0.6 is 11.6 Å². The summed E-state index contributed by atoms with van der Waals surface area (Å²) in [6, 6.07) is 22.8. The molecule has 1 heterocycles. The van der Waals surface area contributed by atoms with Crippen LogP contribution in [-0.2, 0) is 16.0 Å². The van der Waals surface area contributed by atoms with E-state index in [-0.39, 0.29) is 23.8 Å². The molecule has 35 heavy (non-hydrogen) atoms. The van der Waals surface area contributed by atoms with Crippen LogP contribution in [0.15, 0.2) is 72.8 Å². The van der Waals surface area contributed by atoms with Gasteiger partial charge in [-0.25, -0.2) is 0 Å². The SMILES string of the molecule is CC(C)CC(=O)N1CCc2ccc(O[C@@H](C)C(=O)Nc3cccc(Cl)c3)cc2[C@@H]1c1ccccc1. The minimum atomic E-state index is -0.718. The number of amides is 2. The van der Waals surface area contributed by atoms with Gasteiger partial charge in [0.25, 0.3) is 5.91 Å². The molecular formula is C29H31ClN2O3. The first-order valence-electron chi connectivity index (χ1n) is 12.0. The molecule has 0 fully saturated rings. The monoisotopic (exact) mass is 490 g/mol. The van der Waals surface area contributed by atoms with Crippen molar-refractivity contribution in [1.29, 1.82) is 0 Å². The Balaban J connectivity index is 1.59. The molecule has 0 spiro atoms. The molecule has 0 bridgehead atoms. The zero-order valence-electron chi connectivity index (χ0n) is 20.3. The van der Waals surface area contributed by atoms with Gasteiger partial charge < -0.3 is 15.0 Å². The fraction of sp³-hybridized carbons (Fsp3) is 0.310.